The first kappa shape index (κ1) is 112. The quantitative estimate of drug-likeness (QED) is 0.00408. The van der Waals surface area contributed by atoms with E-state index in [0.29, 0.717) is 181 Å². The van der Waals surface area contributed by atoms with Gasteiger partial charge in [-0.15, -0.1) is 6.58 Å². The third-order valence-corrected chi connectivity index (χ3v) is 21.5. The Hall–Kier alpha value is -16.0. The van der Waals surface area contributed by atoms with Gasteiger partial charge >= 0.3 is 5.97 Å². The van der Waals surface area contributed by atoms with E-state index in [-0.39, 0.29) is 122 Å². The highest BCUT2D eigenvalue weighted by atomic mass is 35.5. The number of piperazine rings is 2. The predicted octanol–water partition coefficient (Wildman–Crippen LogP) is 14.4. The summed E-state index contributed by atoms with van der Waals surface area (Å²) in [7, 11) is 0. The Morgan fingerprint density at radius 2 is 0.729 bits per heavy atom. The molecule has 9 aliphatic rings. The van der Waals surface area contributed by atoms with Gasteiger partial charge in [-0.2, -0.15) is 0 Å². The molecule has 10 heterocycles. The van der Waals surface area contributed by atoms with Crippen molar-refractivity contribution in [3.63, 3.8) is 0 Å². The first-order valence-corrected chi connectivity index (χ1v) is 44.0. The van der Waals surface area contributed by atoms with Gasteiger partial charge in [-0.1, -0.05) is 104 Å². The van der Waals surface area contributed by atoms with Crippen LogP contribution in [0.15, 0.2) is 220 Å². The zero-order valence-electron chi connectivity index (χ0n) is 76.2. The maximum atomic E-state index is 14.6. The lowest BCUT2D eigenvalue weighted by Gasteiger charge is -2.36. The molecule has 44 nitrogen and oxygen atoms in total. The van der Waals surface area contributed by atoms with E-state index in [2.05, 4.69) is 103 Å². The number of morpholine rings is 1. The third kappa shape index (κ3) is 34.5. The van der Waals surface area contributed by atoms with Gasteiger partial charge in [0.05, 0.1) is 122 Å². The van der Waals surface area contributed by atoms with E-state index in [4.69, 9.17) is 109 Å². The lowest BCUT2D eigenvalue weighted by molar-refractivity contribution is -0.140. The number of benzene rings is 7. The van der Waals surface area contributed by atoms with Crippen LogP contribution in [0.3, 0.4) is 0 Å². The highest BCUT2D eigenvalue weighted by Gasteiger charge is 2.31. The fourth-order valence-electron chi connectivity index (χ4n) is 14.0. The summed E-state index contributed by atoms with van der Waals surface area (Å²) in [4.78, 5) is 75.9. The van der Waals surface area contributed by atoms with Gasteiger partial charge in [0.2, 0.25) is 5.91 Å². The molecule has 6 atom stereocenters. The number of oxime groups is 7. The molecule has 0 spiro atoms. The van der Waals surface area contributed by atoms with Gasteiger partial charge in [0, 0.05) is 180 Å². The fourth-order valence-corrected chi connectivity index (χ4v) is 14.1. The maximum absolute atomic E-state index is 14.6. The minimum atomic E-state index is -1.19. The molecule has 0 bridgehead atoms. The Balaban J connectivity index is 0.000000186. The molecule has 0 saturated carbocycles. The molecule has 9 aliphatic heterocycles. The summed E-state index contributed by atoms with van der Waals surface area (Å²) < 4.78 is 140. The fraction of sp³-hybridized carbons (Fsp3) is 0.371. The predicted molar refractivity (Wildman–Crippen MR) is 505 cm³/mol. The van der Waals surface area contributed by atoms with Crippen LogP contribution < -0.4 is 20.0 Å². The number of nitrogens with zero attached hydrogens (tertiary/aromatic N) is 28. The number of hydrogen-bond acceptors (Lipinski definition) is 31. The number of amides is 1. The van der Waals surface area contributed by atoms with Crippen molar-refractivity contribution >= 4 is 80.0 Å². The van der Waals surface area contributed by atoms with Gasteiger partial charge < -0.3 is 94.0 Å². The van der Waals surface area contributed by atoms with Crippen LogP contribution >= 0.6 is 11.6 Å². The lowest BCUT2D eigenvalue weighted by Crippen LogP contribution is -2.49. The minimum absolute atomic E-state index is 0.0833. The van der Waals surface area contributed by atoms with E-state index < -0.39 is 54.1 Å². The molecule has 1 amide bonds. The van der Waals surface area contributed by atoms with Gasteiger partial charge in [-0.25, -0.2) is 53.7 Å². The van der Waals surface area contributed by atoms with Gasteiger partial charge in [0.25, 0.3) is 0 Å². The second-order valence-electron chi connectivity index (χ2n) is 30.9. The van der Waals surface area contributed by atoms with Gasteiger partial charge in [-0.3, -0.25) is 4.79 Å². The molecular weight excluding hydrogens is 1940 g/mol. The van der Waals surface area contributed by atoms with Crippen LogP contribution in [-0.2, 0) is 43.4 Å². The van der Waals surface area contributed by atoms with E-state index in [9.17, 15) is 48.7 Å². The number of anilines is 3. The van der Waals surface area contributed by atoms with E-state index in [1.54, 1.807) is 58.3 Å². The monoisotopic (exact) mass is 2030 g/mol. The van der Waals surface area contributed by atoms with Crippen molar-refractivity contribution in [2.24, 2.45) is 61.7 Å². The standard InChI is InChI=1S/C16H19FN6O3.C14H17FN6O.C14H16FN5O2.C13H11FN6O.C10H8F2N4O.C10H9F2NO2.C7H4ClF2NO.C3H6O.C2H4O3/c17-13-7-11(14-8-12(26-20-14)9-19-21-18)1-2-15(13)22-3-5-23(6-4-22)16(25)10-24;15-12-7-10(13-8-11(22-19-13)9-18-20-16)1-2-14(12)21-5-3-17-4-6-21;15-12-7-10(13-8-11(22-18-13)9-17-19-16)1-2-14(12)20-3-5-21-6-4-20;14-11-5-9(1-2-13(11)20-4-3-16-8-20)12-6-10(21-18-12)7-17-19-15;11-8-2-1-6(3-9(8)12)10-4-7(17-15-10)5-14-16-13;11-8-2-1-6(3-9(8)12)10-4-7(5-14)15-13-10;8-7(11-12)4-1-2-5(9)6(10)3-4;1-2-3-4;3-1-2(4)5/h1-2,7,12,24H,3-6,8-10H2;1-2,7,11,17H,3-6,8-9H2;1-2,7,11H,3-6,8-9H2;1-5,8,10H,6-7H2;1-3,7H,4-5H2;1-3,7,14H,4-5H2;1-3,12H;2,4H,1,3H2;3H,1H2,(H,4,5)/b;;;;;;11-7-;;/t12-;2*11-;10-;2*7-;;;/m111111.../s1. The van der Waals surface area contributed by atoms with Gasteiger partial charge in [-0.05, 0) is 131 Å². The van der Waals surface area contributed by atoms with E-state index in [1.807, 2.05) is 26.8 Å². The molecule has 8 aromatic rings. The summed E-state index contributed by atoms with van der Waals surface area (Å²) in [6, 6.07) is 30.0. The minimum Gasteiger partial charge on any atom is -0.480 e. The van der Waals surface area contributed by atoms with Crippen LogP contribution in [0, 0.1) is 58.2 Å². The Bertz CT molecular complexity index is 6060. The zero-order valence-corrected chi connectivity index (χ0v) is 77.0. The molecule has 762 valence electrons. The first-order chi connectivity index (χ1) is 69.7. The molecule has 17 rings (SSSR count). The summed E-state index contributed by atoms with van der Waals surface area (Å²) in [5.74, 6) is -8.41. The Morgan fingerprint density at radius 1 is 0.424 bits per heavy atom. The summed E-state index contributed by atoms with van der Waals surface area (Å²) in [5.41, 5.74) is 50.9. The summed E-state index contributed by atoms with van der Waals surface area (Å²) in [6.07, 6.45) is 7.15. The average Bonchev–Trinajstić information content (AvgIpc) is 1.71. The van der Waals surface area contributed by atoms with Crippen LogP contribution in [0.25, 0.3) is 57.9 Å². The Morgan fingerprint density at radius 3 is 1.01 bits per heavy atom. The van der Waals surface area contributed by atoms with Crippen molar-refractivity contribution in [2.75, 3.05) is 153 Å². The summed E-state index contributed by atoms with van der Waals surface area (Å²) in [6.45, 7) is 10.7. The number of aliphatic hydroxyl groups excluding tert-OH is 4. The topological polar surface area (TPSA) is 593 Å². The number of rotatable bonds is 25. The summed E-state index contributed by atoms with van der Waals surface area (Å²) in [5, 5.41) is 94.7. The molecule has 3 saturated heterocycles. The van der Waals surface area contributed by atoms with Crippen LogP contribution in [0.1, 0.15) is 77.5 Å². The number of carboxylic acids is 1. The summed E-state index contributed by atoms with van der Waals surface area (Å²) >= 11 is 5.33. The number of halogens is 11. The number of carbonyl (C=O) groups is 2. The van der Waals surface area contributed by atoms with Crippen LogP contribution in [-0.4, -0.2) is 271 Å². The second kappa shape index (κ2) is 58.9. The molecule has 144 heavy (non-hydrogen) atoms. The Labute approximate surface area is 817 Å². The third-order valence-electron chi connectivity index (χ3n) is 21.2. The SMILES string of the molecule is C=CCO.O/N=C(\Cl)c1ccc(F)c(F)c1.O=C(O)CO.OC[C@H]1CC(c2ccc(F)c(F)c2)=NO1.[N-]=[N+]=NC[C@H]1CC(c2ccc(-n3ccnc3)c(F)c2)=NO1.[N-]=[N+]=NC[C@H]1CC(c2ccc(F)c(F)c2)=NO1.[N-]=[N+]=NC[C@H]1CC(c2ccc(N3CCN(C(=O)CO)CC3)c(F)c2)=NO1.[N-]=[N+]=NC[C@H]1CC(c2ccc(N3CCNCC3)c(F)c2)=NO1.[N-]=[N+]=NC[C@H]1CC(c2ccc(N3CCOCC3)c(F)c2)=NO1. The zero-order chi connectivity index (χ0) is 104. The molecule has 0 radical (unpaired) electrons. The van der Waals surface area contributed by atoms with Crippen LogP contribution in [0.2, 0.25) is 0 Å². The number of aliphatic carboxylic acids is 1. The van der Waals surface area contributed by atoms with Crippen molar-refractivity contribution < 1.29 is 118 Å². The van der Waals surface area contributed by atoms with Crippen molar-refractivity contribution in [1.29, 1.82) is 0 Å². The second-order valence-corrected chi connectivity index (χ2v) is 31.2. The van der Waals surface area contributed by atoms with E-state index in [1.165, 1.54) is 54.9 Å². The molecule has 3 fully saturated rings. The number of imidazole rings is 1. The Kier molecular flexibility index (Phi) is 45.7. The number of carbonyl (C=O) groups excluding carboxylic acids is 1. The van der Waals surface area contributed by atoms with Gasteiger partial charge in [0.15, 0.2) is 46.2 Å². The first-order valence-electron chi connectivity index (χ1n) is 43.6. The highest BCUT2D eigenvalue weighted by Crippen LogP contribution is 2.31. The number of azide groups is 5. The largest absolute Gasteiger partial charge is 0.480 e. The smallest absolute Gasteiger partial charge is 0.329 e. The molecule has 55 heteroatoms. The van der Waals surface area contributed by atoms with E-state index >= 15 is 0 Å². The maximum Gasteiger partial charge on any atom is 0.329 e. The number of carboxylic acid groups (broad SMARTS) is 1. The van der Waals surface area contributed by atoms with Crippen LogP contribution in [0.5, 0.6) is 0 Å². The van der Waals surface area contributed by atoms with E-state index in [0.717, 1.165) is 62.6 Å². The van der Waals surface area contributed by atoms with Crippen molar-refractivity contribution in [3.05, 3.63) is 308 Å². The highest BCUT2D eigenvalue weighted by molar-refractivity contribution is 6.69. The number of hydrogen-bond donors (Lipinski definition) is 7. The van der Waals surface area contributed by atoms with Crippen LogP contribution in [0.4, 0.5) is 61.0 Å². The molecule has 1 aromatic heterocycles. The molecule has 7 N–H and O–H groups in total. The molecule has 0 unspecified atom stereocenters. The number of aliphatic hydroxyl groups is 4. The van der Waals surface area contributed by atoms with Crippen molar-refractivity contribution in [1.82, 2.24) is 19.8 Å². The molecular formula is C89H94ClF10N29O15. The number of nitrogens with one attached hydrogen (secondary N) is 1. The normalized spacial score (nSPS) is 18.1. The average molecular weight is 2040 g/mol. The van der Waals surface area contributed by atoms with Crippen molar-refractivity contribution in [2.45, 2.75) is 75.1 Å². The van der Waals surface area contributed by atoms with Crippen molar-refractivity contribution in [3.8, 4) is 5.69 Å². The molecule has 7 aromatic carbocycles. The number of aromatic nitrogens is 2. The number of ether oxygens (including phenoxy) is 1. The lowest BCUT2D eigenvalue weighted by atomic mass is 10.0. The van der Waals surface area contributed by atoms with Gasteiger partial charge in [0.1, 0.15) is 67.0 Å². The molecule has 0 aliphatic carbocycles.